The van der Waals surface area contributed by atoms with E-state index in [9.17, 15) is 4.79 Å². The van der Waals surface area contributed by atoms with Gasteiger partial charge in [0.15, 0.2) is 0 Å². The minimum Gasteiger partial charge on any atom is -0.333 e. The molecule has 1 aliphatic rings. The highest BCUT2D eigenvalue weighted by molar-refractivity contribution is 6.31. The maximum Gasteiger partial charge on any atom is 0.227 e. The highest BCUT2D eigenvalue weighted by Gasteiger charge is 2.28. The van der Waals surface area contributed by atoms with Crippen LogP contribution < -0.4 is 5.32 Å². The Morgan fingerprint density at radius 1 is 1.14 bits per heavy atom. The van der Waals surface area contributed by atoms with E-state index in [0.29, 0.717) is 18.0 Å². The molecule has 2 aromatic carbocycles. The molecule has 3 nitrogen and oxygen atoms in total. The van der Waals surface area contributed by atoms with Crippen LogP contribution in [0.4, 0.5) is 0 Å². The van der Waals surface area contributed by atoms with Crippen molar-refractivity contribution in [3.05, 3.63) is 70.7 Å². The van der Waals surface area contributed by atoms with Crippen LogP contribution in [0.15, 0.2) is 54.6 Å². The highest BCUT2D eigenvalue weighted by Crippen LogP contribution is 2.28. The largest absolute Gasteiger partial charge is 0.333 e. The fourth-order valence-corrected chi connectivity index (χ4v) is 3.16. The lowest BCUT2D eigenvalue weighted by atomic mass is 10.0. The van der Waals surface area contributed by atoms with E-state index in [1.54, 1.807) is 0 Å². The standard InChI is InChI=1S/C18H19ClN2O/c19-16-9-5-4-8-15(16)17-13-20-10-11-21(17)18(22)12-14-6-2-1-3-7-14/h1-9,17,20H,10-13H2. The number of piperazine rings is 1. The molecule has 1 amide bonds. The van der Waals surface area contributed by atoms with Crippen molar-refractivity contribution in [2.24, 2.45) is 0 Å². The third-order valence-electron chi connectivity index (χ3n) is 4.03. The minimum absolute atomic E-state index is 0.00124. The number of nitrogens with zero attached hydrogens (tertiary/aromatic N) is 1. The first kappa shape index (κ1) is 15.1. The Morgan fingerprint density at radius 2 is 1.86 bits per heavy atom. The van der Waals surface area contributed by atoms with Crippen LogP contribution in [0.5, 0.6) is 0 Å². The SMILES string of the molecule is O=C(Cc1ccccc1)N1CCNCC1c1ccccc1Cl. The van der Waals surface area contributed by atoms with E-state index in [0.717, 1.165) is 24.2 Å². The Labute approximate surface area is 135 Å². The summed E-state index contributed by atoms with van der Waals surface area (Å²) in [5.74, 6) is 0.151. The summed E-state index contributed by atoms with van der Waals surface area (Å²) in [6.45, 7) is 2.27. The lowest BCUT2D eigenvalue weighted by Gasteiger charge is -2.37. The number of carbonyl (C=O) groups excluding carboxylic acids is 1. The fourth-order valence-electron chi connectivity index (χ4n) is 2.90. The molecule has 0 aliphatic carbocycles. The second-order valence-corrected chi connectivity index (χ2v) is 5.90. The molecular formula is C18H19ClN2O. The van der Waals surface area contributed by atoms with Gasteiger partial charge in [-0.2, -0.15) is 0 Å². The second kappa shape index (κ2) is 6.95. The summed E-state index contributed by atoms with van der Waals surface area (Å²) in [4.78, 5) is 14.7. The van der Waals surface area contributed by atoms with E-state index in [4.69, 9.17) is 11.6 Å². The Balaban J connectivity index is 1.81. The molecule has 0 spiro atoms. The minimum atomic E-state index is -0.00124. The molecule has 0 bridgehead atoms. The quantitative estimate of drug-likeness (QED) is 0.944. The monoisotopic (exact) mass is 314 g/mol. The Bertz CT molecular complexity index is 645. The van der Waals surface area contributed by atoms with Crippen molar-refractivity contribution in [3.63, 3.8) is 0 Å². The number of hydrogen-bond donors (Lipinski definition) is 1. The molecule has 1 N–H and O–H groups in total. The van der Waals surface area contributed by atoms with Crippen molar-refractivity contribution in [1.82, 2.24) is 10.2 Å². The van der Waals surface area contributed by atoms with Gasteiger partial charge in [0.05, 0.1) is 12.5 Å². The summed E-state index contributed by atoms with van der Waals surface area (Å²) in [6, 6.07) is 17.6. The predicted molar refractivity (Wildman–Crippen MR) is 88.9 cm³/mol. The van der Waals surface area contributed by atoms with Crippen molar-refractivity contribution >= 4 is 17.5 Å². The van der Waals surface area contributed by atoms with Crippen LogP contribution in [-0.4, -0.2) is 30.4 Å². The first-order valence-corrected chi connectivity index (χ1v) is 7.92. The molecule has 22 heavy (non-hydrogen) atoms. The topological polar surface area (TPSA) is 32.3 Å². The summed E-state index contributed by atoms with van der Waals surface area (Å²) in [6.07, 6.45) is 0.432. The first-order valence-electron chi connectivity index (χ1n) is 7.54. The molecule has 3 rings (SSSR count). The molecule has 4 heteroatoms. The summed E-state index contributed by atoms with van der Waals surface area (Å²) in [5.41, 5.74) is 2.06. The van der Waals surface area contributed by atoms with Gasteiger partial charge in [0.2, 0.25) is 5.91 Å². The summed E-state index contributed by atoms with van der Waals surface area (Å²) < 4.78 is 0. The lowest BCUT2D eigenvalue weighted by molar-refractivity contribution is -0.133. The number of rotatable bonds is 3. The maximum absolute atomic E-state index is 12.7. The van der Waals surface area contributed by atoms with Gasteiger partial charge in [-0.15, -0.1) is 0 Å². The zero-order valence-corrected chi connectivity index (χ0v) is 13.1. The number of benzene rings is 2. The average Bonchev–Trinajstić information content (AvgIpc) is 2.56. The van der Waals surface area contributed by atoms with E-state index >= 15 is 0 Å². The van der Waals surface area contributed by atoms with Crippen LogP contribution in [0.2, 0.25) is 5.02 Å². The van der Waals surface area contributed by atoms with Crippen LogP contribution in [0.3, 0.4) is 0 Å². The molecule has 0 radical (unpaired) electrons. The molecule has 1 heterocycles. The number of carbonyl (C=O) groups is 1. The van der Waals surface area contributed by atoms with E-state index in [1.165, 1.54) is 0 Å². The third-order valence-corrected chi connectivity index (χ3v) is 4.37. The zero-order valence-electron chi connectivity index (χ0n) is 12.3. The molecule has 0 saturated carbocycles. The predicted octanol–water partition coefficient (Wildman–Crippen LogP) is 3.06. The second-order valence-electron chi connectivity index (χ2n) is 5.49. The molecule has 0 aromatic heterocycles. The average molecular weight is 315 g/mol. The molecule has 1 fully saturated rings. The Hall–Kier alpha value is -1.84. The smallest absolute Gasteiger partial charge is 0.227 e. The maximum atomic E-state index is 12.7. The van der Waals surface area contributed by atoms with Crippen molar-refractivity contribution in [2.45, 2.75) is 12.5 Å². The van der Waals surface area contributed by atoms with Gasteiger partial charge in [-0.25, -0.2) is 0 Å². The van der Waals surface area contributed by atoms with Gasteiger partial charge in [0.1, 0.15) is 0 Å². The molecule has 1 saturated heterocycles. The molecular weight excluding hydrogens is 296 g/mol. The van der Waals surface area contributed by atoms with Crippen molar-refractivity contribution < 1.29 is 4.79 Å². The van der Waals surface area contributed by atoms with Gasteiger partial charge in [-0.1, -0.05) is 60.1 Å². The van der Waals surface area contributed by atoms with E-state index in [2.05, 4.69) is 5.32 Å². The normalized spacial score (nSPS) is 18.2. The van der Waals surface area contributed by atoms with Gasteiger partial charge in [0, 0.05) is 24.7 Å². The summed E-state index contributed by atoms with van der Waals surface area (Å²) in [5, 5.41) is 4.07. The van der Waals surface area contributed by atoms with Crippen LogP contribution in [0.25, 0.3) is 0 Å². The molecule has 1 atom stereocenters. The summed E-state index contributed by atoms with van der Waals surface area (Å²) >= 11 is 6.32. The number of halogens is 1. The van der Waals surface area contributed by atoms with Crippen LogP contribution >= 0.6 is 11.6 Å². The van der Waals surface area contributed by atoms with Crippen molar-refractivity contribution in [3.8, 4) is 0 Å². The van der Waals surface area contributed by atoms with Crippen LogP contribution in [0, 0.1) is 0 Å². The Kier molecular flexibility index (Phi) is 4.76. The Morgan fingerprint density at radius 3 is 2.64 bits per heavy atom. The number of nitrogens with one attached hydrogen (secondary N) is 1. The highest BCUT2D eigenvalue weighted by atomic mass is 35.5. The summed E-state index contributed by atoms with van der Waals surface area (Å²) in [7, 11) is 0. The van der Waals surface area contributed by atoms with Crippen molar-refractivity contribution in [1.29, 1.82) is 0 Å². The van der Waals surface area contributed by atoms with Gasteiger partial charge in [-0.3, -0.25) is 4.79 Å². The molecule has 114 valence electrons. The molecule has 1 unspecified atom stereocenters. The van der Waals surface area contributed by atoms with Crippen LogP contribution in [0.1, 0.15) is 17.2 Å². The molecule has 1 aliphatic heterocycles. The number of amides is 1. The van der Waals surface area contributed by atoms with Gasteiger partial charge >= 0.3 is 0 Å². The van der Waals surface area contributed by atoms with Crippen LogP contribution in [-0.2, 0) is 11.2 Å². The first-order chi connectivity index (χ1) is 10.8. The van der Waals surface area contributed by atoms with E-state index in [1.807, 2.05) is 59.5 Å². The van der Waals surface area contributed by atoms with Gasteiger partial charge in [-0.05, 0) is 17.2 Å². The van der Waals surface area contributed by atoms with Gasteiger partial charge in [0.25, 0.3) is 0 Å². The van der Waals surface area contributed by atoms with E-state index in [-0.39, 0.29) is 11.9 Å². The molecule has 2 aromatic rings. The van der Waals surface area contributed by atoms with Gasteiger partial charge < -0.3 is 10.2 Å². The van der Waals surface area contributed by atoms with Crippen molar-refractivity contribution in [2.75, 3.05) is 19.6 Å². The van der Waals surface area contributed by atoms with E-state index < -0.39 is 0 Å². The zero-order chi connectivity index (χ0) is 15.4. The fraction of sp³-hybridized carbons (Fsp3) is 0.278. The number of hydrogen-bond acceptors (Lipinski definition) is 2. The third kappa shape index (κ3) is 3.32. The lowest BCUT2D eigenvalue weighted by Crippen LogP contribution is -2.49.